The lowest BCUT2D eigenvalue weighted by Crippen LogP contribution is -2.37. The number of rotatable bonds is 9. The summed E-state index contributed by atoms with van der Waals surface area (Å²) in [6, 6.07) is 10.6. The van der Waals surface area contributed by atoms with Crippen LogP contribution in [-0.4, -0.2) is 51.4 Å². The Labute approximate surface area is 214 Å². The minimum absolute atomic E-state index is 0.241. The Bertz CT molecular complexity index is 1400. The molecule has 4 aromatic rings. The van der Waals surface area contributed by atoms with Gasteiger partial charge >= 0.3 is 0 Å². The summed E-state index contributed by atoms with van der Waals surface area (Å²) in [5, 5.41) is 6.33. The van der Waals surface area contributed by atoms with Gasteiger partial charge in [0.2, 0.25) is 0 Å². The molecule has 0 radical (unpaired) electrons. The minimum Gasteiger partial charge on any atom is -0.369 e. The molecule has 1 amide bonds. The number of hydrogen-bond donors (Lipinski definition) is 2. The molecule has 0 saturated carbocycles. The normalized spacial score (nSPS) is 12.8. The predicted octanol–water partition coefficient (Wildman–Crippen LogP) is 5.02. The smallest absolute Gasteiger partial charge is 0.251 e. The molecule has 0 spiro atoms. The molecule has 4 rings (SSSR count). The highest BCUT2D eigenvalue weighted by Crippen LogP contribution is 2.37. The molecule has 7 nitrogen and oxygen atoms in total. The van der Waals surface area contributed by atoms with Gasteiger partial charge in [0, 0.05) is 59.9 Å². The number of aryl methyl sites for hydroxylation is 1. The monoisotopic (exact) mass is 504 g/mol. The molecule has 1 aromatic carbocycles. The van der Waals surface area contributed by atoms with Crippen LogP contribution in [0.1, 0.15) is 35.0 Å². The maximum Gasteiger partial charge on any atom is 0.251 e. The van der Waals surface area contributed by atoms with E-state index in [2.05, 4.69) is 37.5 Å². The summed E-state index contributed by atoms with van der Waals surface area (Å²) in [5.74, 6) is 0.655. The van der Waals surface area contributed by atoms with Gasteiger partial charge in [-0.05, 0) is 49.4 Å². The molecule has 36 heavy (non-hydrogen) atoms. The van der Waals surface area contributed by atoms with E-state index in [9.17, 15) is 4.79 Å². The van der Waals surface area contributed by atoms with E-state index in [1.54, 1.807) is 42.6 Å². The number of nitrogens with one attached hydrogen (secondary N) is 2. The van der Waals surface area contributed by atoms with Crippen molar-refractivity contribution in [1.29, 1.82) is 0 Å². The molecule has 186 valence electrons. The third-order valence-corrected chi connectivity index (χ3v) is 7.29. The van der Waals surface area contributed by atoms with Gasteiger partial charge in [-0.25, -0.2) is 14.4 Å². The van der Waals surface area contributed by atoms with Crippen molar-refractivity contribution >= 4 is 34.4 Å². The SMILES string of the molecule is CCC(CNc1cc(-c2ccnc(C)c2)ncn1)(CSC)c1ccc(F)c2c(C(=O)NC)ccnc12. The number of hydrogen-bond acceptors (Lipinski definition) is 7. The molecular weight excluding hydrogens is 475 g/mol. The molecule has 0 aliphatic carbocycles. The number of pyridine rings is 2. The largest absolute Gasteiger partial charge is 0.369 e. The van der Waals surface area contributed by atoms with Crippen molar-refractivity contribution in [3.05, 3.63) is 77.8 Å². The third kappa shape index (κ3) is 5.02. The van der Waals surface area contributed by atoms with E-state index in [1.165, 1.54) is 13.1 Å². The molecule has 9 heteroatoms. The van der Waals surface area contributed by atoms with Gasteiger partial charge in [0.05, 0.1) is 16.8 Å². The molecule has 0 fully saturated rings. The van der Waals surface area contributed by atoms with Crippen LogP contribution in [0.15, 0.2) is 55.1 Å². The Morgan fingerprint density at radius 3 is 2.61 bits per heavy atom. The second kappa shape index (κ2) is 11.0. The second-order valence-electron chi connectivity index (χ2n) is 8.65. The van der Waals surface area contributed by atoms with Crippen LogP contribution in [0.4, 0.5) is 10.2 Å². The standard InChI is InChI=1S/C27H29FN6OS/c1-5-27(15-36-4,14-32-23-13-22(33-16-34-23)18-8-10-30-17(2)12-18)20-6-7-21(28)24-19(26(35)29-3)9-11-31-25(20)24/h6-13,16H,5,14-15H2,1-4H3,(H,29,35)(H,32,33,34). The first-order chi connectivity index (χ1) is 17.4. The van der Waals surface area contributed by atoms with Crippen LogP contribution >= 0.6 is 11.8 Å². The van der Waals surface area contributed by atoms with E-state index >= 15 is 4.39 Å². The number of nitrogens with zero attached hydrogens (tertiary/aromatic N) is 4. The molecule has 0 aliphatic heterocycles. The van der Waals surface area contributed by atoms with Crippen molar-refractivity contribution in [2.75, 3.05) is 30.9 Å². The quantitative estimate of drug-likeness (QED) is 0.331. The number of carbonyl (C=O) groups is 1. The van der Waals surface area contributed by atoms with E-state index in [4.69, 9.17) is 0 Å². The molecule has 2 N–H and O–H groups in total. The van der Waals surface area contributed by atoms with Crippen molar-refractivity contribution in [1.82, 2.24) is 25.3 Å². The molecular formula is C27H29FN6OS. The highest BCUT2D eigenvalue weighted by Gasteiger charge is 2.33. The van der Waals surface area contributed by atoms with Crippen molar-refractivity contribution in [2.24, 2.45) is 0 Å². The molecule has 1 atom stereocenters. The summed E-state index contributed by atoms with van der Waals surface area (Å²) in [6.45, 7) is 4.60. The van der Waals surface area contributed by atoms with Gasteiger partial charge in [-0.15, -0.1) is 0 Å². The summed E-state index contributed by atoms with van der Waals surface area (Å²) in [4.78, 5) is 30.1. The zero-order valence-electron chi connectivity index (χ0n) is 20.8. The molecule has 1 unspecified atom stereocenters. The molecule has 0 aliphatic rings. The summed E-state index contributed by atoms with van der Waals surface area (Å²) < 4.78 is 15.0. The summed E-state index contributed by atoms with van der Waals surface area (Å²) in [5.41, 5.74) is 3.97. The lowest BCUT2D eigenvalue weighted by atomic mass is 9.78. The Kier molecular flexibility index (Phi) is 7.79. The molecule has 3 aromatic heterocycles. The van der Waals surface area contributed by atoms with Crippen molar-refractivity contribution in [3.8, 4) is 11.3 Å². The van der Waals surface area contributed by atoms with Crippen LogP contribution in [0, 0.1) is 12.7 Å². The summed E-state index contributed by atoms with van der Waals surface area (Å²) >= 11 is 1.71. The first-order valence-corrected chi connectivity index (χ1v) is 13.1. The number of anilines is 1. The zero-order valence-corrected chi connectivity index (χ0v) is 21.6. The zero-order chi connectivity index (χ0) is 25.7. The van der Waals surface area contributed by atoms with E-state index in [1.807, 2.05) is 31.4 Å². The summed E-state index contributed by atoms with van der Waals surface area (Å²) in [6.07, 6.45) is 7.69. The van der Waals surface area contributed by atoms with E-state index in [0.29, 0.717) is 17.9 Å². The fourth-order valence-corrected chi connectivity index (χ4v) is 5.49. The summed E-state index contributed by atoms with van der Waals surface area (Å²) in [7, 11) is 1.54. The Morgan fingerprint density at radius 1 is 1.08 bits per heavy atom. The van der Waals surface area contributed by atoms with Crippen LogP contribution in [-0.2, 0) is 5.41 Å². The lowest BCUT2D eigenvalue weighted by molar-refractivity contribution is 0.0964. The number of thioether (sulfide) groups is 1. The minimum atomic E-state index is -0.462. The molecule has 0 bridgehead atoms. The van der Waals surface area contributed by atoms with Crippen LogP contribution in [0.25, 0.3) is 22.2 Å². The van der Waals surface area contributed by atoms with Gasteiger partial charge in [0.1, 0.15) is 18.0 Å². The predicted molar refractivity (Wildman–Crippen MR) is 144 cm³/mol. The van der Waals surface area contributed by atoms with E-state index in [-0.39, 0.29) is 16.9 Å². The Morgan fingerprint density at radius 2 is 1.89 bits per heavy atom. The number of benzene rings is 1. The lowest BCUT2D eigenvalue weighted by Gasteiger charge is -2.34. The maximum absolute atomic E-state index is 15.0. The van der Waals surface area contributed by atoms with Crippen LogP contribution in [0.3, 0.4) is 0 Å². The van der Waals surface area contributed by atoms with Gasteiger partial charge in [-0.2, -0.15) is 11.8 Å². The maximum atomic E-state index is 15.0. The van der Waals surface area contributed by atoms with Crippen LogP contribution in [0.2, 0.25) is 0 Å². The fourth-order valence-electron chi connectivity index (χ4n) is 4.47. The molecule has 0 saturated heterocycles. The highest BCUT2D eigenvalue weighted by atomic mass is 32.2. The van der Waals surface area contributed by atoms with E-state index < -0.39 is 11.2 Å². The van der Waals surface area contributed by atoms with Crippen LogP contribution < -0.4 is 10.6 Å². The topological polar surface area (TPSA) is 92.7 Å². The van der Waals surface area contributed by atoms with Gasteiger partial charge in [-0.1, -0.05) is 13.0 Å². The molecule has 3 heterocycles. The third-order valence-electron chi connectivity index (χ3n) is 6.45. The Balaban J connectivity index is 1.74. The first kappa shape index (κ1) is 25.5. The number of fused-ring (bicyclic) bond motifs is 1. The van der Waals surface area contributed by atoms with Gasteiger partial charge in [0.15, 0.2) is 0 Å². The fraction of sp³-hybridized carbons (Fsp3) is 0.296. The van der Waals surface area contributed by atoms with Crippen molar-refractivity contribution in [2.45, 2.75) is 25.7 Å². The van der Waals surface area contributed by atoms with Crippen LogP contribution in [0.5, 0.6) is 0 Å². The highest BCUT2D eigenvalue weighted by molar-refractivity contribution is 7.98. The number of carbonyl (C=O) groups excluding carboxylic acids is 1. The number of halogens is 1. The second-order valence-corrected chi connectivity index (χ2v) is 9.52. The number of aromatic nitrogens is 4. The van der Waals surface area contributed by atoms with E-state index in [0.717, 1.165) is 34.7 Å². The average molecular weight is 505 g/mol. The van der Waals surface area contributed by atoms with Gasteiger partial charge < -0.3 is 10.6 Å². The average Bonchev–Trinajstić information content (AvgIpc) is 2.91. The van der Waals surface area contributed by atoms with Gasteiger partial charge in [-0.3, -0.25) is 14.8 Å². The van der Waals surface area contributed by atoms with Crippen molar-refractivity contribution < 1.29 is 9.18 Å². The van der Waals surface area contributed by atoms with Gasteiger partial charge in [0.25, 0.3) is 5.91 Å². The number of amides is 1. The first-order valence-electron chi connectivity index (χ1n) is 11.7. The Hall–Kier alpha value is -3.59. The van der Waals surface area contributed by atoms with Crippen molar-refractivity contribution in [3.63, 3.8) is 0 Å².